The van der Waals surface area contributed by atoms with Crippen molar-refractivity contribution in [3.8, 4) is 0 Å². The van der Waals surface area contributed by atoms with Crippen molar-refractivity contribution in [3.63, 3.8) is 0 Å². The molecule has 0 radical (unpaired) electrons. The molecule has 1 rings (SSSR count). The van der Waals surface area contributed by atoms with Gasteiger partial charge in [0.15, 0.2) is 0 Å². The van der Waals surface area contributed by atoms with Crippen LogP contribution in [0.2, 0.25) is 0 Å². The third kappa shape index (κ3) is 1.34. The standard InChI is InChI=1S/C6H8N2OS/c7-8-3-6-5(4-9)1-2-10-6/h1-3,9H,4,7H2/b8-3+. The van der Waals surface area contributed by atoms with Crippen molar-refractivity contribution in [1.29, 1.82) is 0 Å². The Morgan fingerprint density at radius 1 is 1.80 bits per heavy atom. The van der Waals surface area contributed by atoms with Crippen LogP contribution < -0.4 is 5.84 Å². The average molecular weight is 156 g/mol. The zero-order valence-electron chi connectivity index (χ0n) is 5.32. The second kappa shape index (κ2) is 3.34. The monoisotopic (exact) mass is 156 g/mol. The van der Waals surface area contributed by atoms with Crippen molar-refractivity contribution >= 4 is 17.6 Å². The largest absolute Gasteiger partial charge is 0.392 e. The molecule has 1 aromatic heterocycles. The lowest BCUT2D eigenvalue weighted by molar-refractivity contribution is 0.282. The Hall–Kier alpha value is -0.870. The van der Waals surface area contributed by atoms with Crippen LogP contribution in [0.5, 0.6) is 0 Å². The fourth-order valence-corrected chi connectivity index (χ4v) is 1.44. The first kappa shape index (κ1) is 7.24. The van der Waals surface area contributed by atoms with E-state index in [9.17, 15) is 0 Å². The quantitative estimate of drug-likeness (QED) is 0.373. The first-order valence-electron chi connectivity index (χ1n) is 2.79. The molecule has 0 aromatic carbocycles. The molecule has 1 heterocycles. The van der Waals surface area contributed by atoms with Crippen LogP contribution in [0.3, 0.4) is 0 Å². The summed E-state index contributed by atoms with van der Waals surface area (Å²) in [6, 6.07) is 1.85. The molecule has 0 saturated carbocycles. The molecule has 0 aliphatic carbocycles. The zero-order chi connectivity index (χ0) is 7.40. The van der Waals surface area contributed by atoms with Gasteiger partial charge in [-0.15, -0.1) is 11.3 Å². The summed E-state index contributed by atoms with van der Waals surface area (Å²) in [6.07, 6.45) is 1.54. The van der Waals surface area contributed by atoms with Crippen molar-refractivity contribution in [3.05, 3.63) is 21.9 Å². The summed E-state index contributed by atoms with van der Waals surface area (Å²) in [5.41, 5.74) is 0.874. The molecule has 10 heavy (non-hydrogen) atoms. The van der Waals surface area contributed by atoms with Crippen LogP contribution in [0.4, 0.5) is 0 Å². The van der Waals surface area contributed by atoms with Crippen LogP contribution in [-0.4, -0.2) is 11.3 Å². The highest BCUT2D eigenvalue weighted by atomic mass is 32.1. The lowest BCUT2D eigenvalue weighted by atomic mass is 10.3. The molecule has 1 aromatic rings. The predicted octanol–water partition coefficient (Wildman–Crippen LogP) is 0.533. The molecule has 0 bridgehead atoms. The maximum atomic E-state index is 8.74. The Morgan fingerprint density at radius 2 is 2.60 bits per heavy atom. The number of thiophene rings is 1. The summed E-state index contributed by atoms with van der Waals surface area (Å²) in [6.45, 7) is 0.0465. The maximum absolute atomic E-state index is 8.74. The van der Waals surface area contributed by atoms with Crippen LogP contribution in [0.15, 0.2) is 16.5 Å². The third-order valence-corrected chi connectivity index (χ3v) is 2.04. The Labute approximate surface area is 62.8 Å². The second-order valence-electron chi connectivity index (χ2n) is 1.75. The van der Waals surface area contributed by atoms with Gasteiger partial charge in [0.25, 0.3) is 0 Å². The van der Waals surface area contributed by atoms with Crippen LogP contribution in [0.1, 0.15) is 10.4 Å². The van der Waals surface area contributed by atoms with E-state index in [0.29, 0.717) is 0 Å². The Morgan fingerprint density at radius 3 is 3.20 bits per heavy atom. The van der Waals surface area contributed by atoms with Crippen LogP contribution in [-0.2, 0) is 6.61 Å². The number of hydrogen-bond donors (Lipinski definition) is 2. The Balaban J connectivity index is 2.90. The number of hydrazone groups is 1. The molecule has 0 saturated heterocycles. The summed E-state index contributed by atoms with van der Waals surface area (Å²) >= 11 is 1.51. The topological polar surface area (TPSA) is 58.6 Å². The molecule has 0 spiro atoms. The number of hydrogen-bond acceptors (Lipinski definition) is 4. The van der Waals surface area contributed by atoms with E-state index in [2.05, 4.69) is 5.10 Å². The minimum Gasteiger partial charge on any atom is -0.392 e. The molecule has 0 aliphatic rings. The van der Waals surface area contributed by atoms with Crippen LogP contribution >= 0.6 is 11.3 Å². The van der Waals surface area contributed by atoms with Gasteiger partial charge in [-0.05, 0) is 17.0 Å². The third-order valence-electron chi connectivity index (χ3n) is 1.14. The smallest absolute Gasteiger partial charge is 0.0696 e. The molecule has 0 unspecified atom stereocenters. The Bertz CT molecular complexity index is 231. The van der Waals surface area contributed by atoms with E-state index in [1.807, 2.05) is 11.4 Å². The SMILES string of the molecule is N/N=C/c1sccc1CO. The van der Waals surface area contributed by atoms with E-state index in [1.165, 1.54) is 17.6 Å². The average Bonchev–Trinajstić information content (AvgIpc) is 2.36. The lowest BCUT2D eigenvalue weighted by Gasteiger charge is -1.89. The number of rotatable bonds is 2. The molecule has 3 N–H and O–H groups in total. The van der Waals surface area contributed by atoms with E-state index in [1.54, 1.807) is 0 Å². The van der Waals surface area contributed by atoms with Crippen LogP contribution in [0.25, 0.3) is 0 Å². The second-order valence-corrected chi connectivity index (χ2v) is 2.69. The Kier molecular flexibility index (Phi) is 2.42. The molecular weight excluding hydrogens is 148 g/mol. The molecular formula is C6H8N2OS. The molecule has 3 nitrogen and oxygen atoms in total. The number of nitrogens with zero attached hydrogens (tertiary/aromatic N) is 1. The van der Waals surface area contributed by atoms with E-state index in [4.69, 9.17) is 10.9 Å². The predicted molar refractivity (Wildman–Crippen MR) is 42.0 cm³/mol. The highest BCUT2D eigenvalue weighted by Crippen LogP contribution is 2.13. The van der Waals surface area contributed by atoms with Gasteiger partial charge >= 0.3 is 0 Å². The maximum Gasteiger partial charge on any atom is 0.0696 e. The van der Waals surface area contributed by atoms with Crippen molar-refractivity contribution in [1.82, 2.24) is 0 Å². The first-order chi connectivity index (χ1) is 4.88. The van der Waals surface area contributed by atoms with Crippen LogP contribution in [0, 0.1) is 0 Å². The minimum atomic E-state index is 0.0465. The molecule has 0 aliphatic heterocycles. The van der Waals surface area contributed by atoms with Gasteiger partial charge in [0, 0.05) is 0 Å². The number of aliphatic hydroxyl groups excluding tert-OH is 1. The van der Waals surface area contributed by atoms with Gasteiger partial charge in [0.05, 0.1) is 17.7 Å². The summed E-state index contributed by atoms with van der Waals surface area (Å²) in [5.74, 6) is 4.94. The van der Waals surface area contributed by atoms with Gasteiger partial charge in [-0.1, -0.05) is 0 Å². The summed E-state index contributed by atoms with van der Waals surface area (Å²) in [7, 11) is 0. The fraction of sp³-hybridized carbons (Fsp3) is 0.167. The van der Waals surface area contributed by atoms with Crippen molar-refractivity contribution in [2.24, 2.45) is 10.9 Å². The zero-order valence-corrected chi connectivity index (χ0v) is 6.14. The van der Waals surface area contributed by atoms with Gasteiger partial charge in [-0.3, -0.25) is 0 Å². The van der Waals surface area contributed by atoms with E-state index >= 15 is 0 Å². The van der Waals surface area contributed by atoms with Gasteiger partial charge in [0.1, 0.15) is 0 Å². The van der Waals surface area contributed by atoms with Crippen molar-refractivity contribution in [2.75, 3.05) is 0 Å². The normalized spacial score (nSPS) is 10.9. The molecule has 54 valence electrons. The summed E-state index contributed by atoms with van der Waals surface area (Å²) in [4.78, 5) is 0.921. The number of aliphatic hydroxyl groups is 1. The van der Waals surface area contributed by atoms with E-state index < -0.39 is 0 Å². The molecule has 0 atom stereocenters. The number of nitrogens with two attached hydrogens (primary N) is 1. The molecule has 0 amide bonds. The lowest BCUT2D eigenvalue weighted by Crippen LogP contribution is -1.88. The van der Waals surface area contributed by atoms with E-state index in [-0.39, 0.29) is 6.61 Å². The van der Waals surface area contributed by atoms with Gasteiger partial charge in [-0.2, -0.15) is 5.10 Å². The van der Waals surface area contributed by atoms with Gasteiger partial charge in [0.2, 0.25) is 0 Å². The van der Waals surface area contributed by atoms with E-state index in [0.717, 1.165) is 10.4 Å². The van der Waals surface area contributed by atoms with Gasteiger partial charge in [-0.25, -0.2) is 0 Å². The minimum absolute atomic E-state index is 0.0465. The highest BCUT2D eigenvalue weighted by Gasteiger charge is 1.97. The van der Waals surface area contributed by atoms with Crippen molar-refractivity contribution < 1.29 is 5.11 Å². The van der Waals surface area contributed by atoms with Gasteiger partial charge < -0.3 is 10.9 Å². The fourth-order valence-electron chi connectivity index (χ4n) is 0.659. The molecule has 0 fully saturated rings. The summed E-state index contributed by atoms with van der Waals surface area (Å²) < 4.78 is 0. The summed E-state index contributed by atoms with van der Waals surface area (Å²) in [5, 5.41) is 14.0. The van der Waals surface area contributed by atoms with Crippen molar-refractivity contribution in [2.45, 2.75) is 6.61 Å². The first-order valence-corrected chi connectivity index (χ1v) is 3.67. The molecule has 4 heteroatoms. The highest BCUT2D eigenvalue weighted by molar-refractivity contribution is 7.11.